The molecule has 3 aliphatic heterocycles. The van der Waals surface area contributed by atoms with Crippen molar-refractivity contribution in [3.05, 3.63) is 120 Å². The summed E-state index contributed by atoms with van der Waals surface area (Å²) in [7, 11) is 0. The van der Waals surface area contributed by atoms with Gasteiger partial charge in [0.25, 0.3) is 0 Å². The van der Waals surface area contributed by atoms with Gasteiger partial charge in [-0.25, -0.2) is 15.0 Å². The molecule has 0 radical (unpaired) electrons. The molecule has 8 nitrogen and oxygen atoms in total. The molecule has 9 rings (SSSR count). The first-order chi connectivity index (χ1) is 19.8. The number of aromatic nitrogens is 8. The maximum Gasteiger partial charge on any atom is 4.00 e. The van der Waals surface area contributed by atoms with E-state index in [0.29, 0.717) is 45.6 Å². The van der Waals surface area contributed by atoms with Gasteiger partial charge in [0.1, 0.15) is 5.82 Å². The van der Waals surface area contributed by atoms with Crippen LogP contribution in [0.25, 0.3) is 56.0 Å². The van der Waals surface area contributed by atoms with Crippen molar-refractivity contribution in [2.75, 3.05) is 0 Å². The summed E-state index contributed by atoms with van der Waals surface area (Å²) in [5.74, 6) is 2.21. The molecule has 5 aliphatic rings. The molecule has 2 atom stereocenters. The molecule has 0 spiro atoms. The standard InChI is InChI=1S/C32H18N8.2ClH.Si/c1-2-10-18-17(9-1)25-33-26(18)38-28-21-13-5-6-14-22(21)30(35-28)40-32-24-16-8-7-15-23(24)31(36-32)39-29-20-12-4-3-11-19(20)27(34-29)37-25;;;/h1-17,20H;2*1H;/q-2;;;+4/p-2. The first kappa shape index (κ1) is 28.4. The molecule has 4 aromatic rings. The largest absolute Gasteiger partial charge is 4.00 e. The van der Waals surface area contributed by atoms with Crippen LogP contribution in [-0.4, -0.2) is 40.9 Å². The number of rotatable bonds is 0. The van der Waals surface area contributed by atoms with Crippen molar-refractivity contribution in [3.8, 4) is 22.8 Å². The van der Waals surface area contributed by atoms with Crippen LogP contribution in [0.15, 0.2) is 97.1 Å². The molecular formula is C32H18Cl2N8Si. The summed E-state index contributed by atoms with van der Waals surface area (Å²) in [6, 6.07) is 16.0. The van der Waals surface area contributed by atoms with Gasteiger partial charge in [-0.15, -0.1) is 0 Å². The van der Waals surface area contributed by atoms with E-state index in [1.165, 1.54) is 0 Å². The molecule has 0 fully saturated rings. The van der Waals surface area contributed by atoms with Crippen LogP contribution >= 0.6 is 0 Å². The summed E-state index contributed by atoms with van der Waals surface area (Å²) in [6.07, 6.45) is 16.3. The Balaban J connectivity index is 0.00000110. The molecule has 5 heterocycles. The van der Waals surface area contributed by atoms with Gasteiger partial charge >= 0.3 is 11.0 Å². The van der Waals surface area contributed by atoms with Gasteiger partial charge < -0.3 is 49.7 Å². The van der Waals surface area contributed by atoms with Crippen LogP contribution in [0.1, 0.15) is 23.5 Å². The van der Waals surface area contributed by atoms with E-state index >= 15 is 0 Å². The molecule has 2 unspecified atom stereocenters. The molecule has 2 aliphatic carbocycles. The van der Waals surface area contributed by atoms with Crippen LogP contribution in [0.3, 0.4) is 0 Å². The molecule has 2 aromatic carbocycles. The van der Waals surface area contributed by atoms with Crippen molar-refractivity contribution < 1.29 is 24.8 Å². The van der Waals surface area contributed by atoms with Crippen LogP contribution < -0.4 is 45.7 Å². The third kappa shape index (κ3) is 4.35. The average molecular weight is 614 g/mol. The molecule has 43 heavy (non-hydrogen) atoms. The van der Waals surface area contributed by atoms with E-state index in [1.807, 2.05) is 85.0 Å². The van der Waals surface area contributed by atoms with E-state index in [0.717, 1.165) is 33.0 Å². The third-order valence-electron chi connectivity index (χ3n) is 7.67. The zero-order chi connectivity index (χ0) is 26.2. The Morgan fingerprint density at radius 3 is 1.93 bits per heavy atom. The molecule has 0 amide bonds. The molecule has 8 bridgehead atoms. The summed E-state index contributed by atoms with van der Waals surface area (Å²) in [6.45, 7) is 0. The van der Waals surface area contributed by atoms with Crippen molar-refractivity contribution in [1.29, 1.82) is 0 Å². The molecule has 0 saturated heterocycles. The minimum Gasteiger partial charge on any atom is -1.00 e. The minimum absolute atomic E-state index is 0. The zero-order valence-corrected chi connectivity index (χ0v) is 24.7. The molecule has 11 heteroatoms. The molecule has 2 aromatic heterocycles. The van der Waals surface area contributed by atoms with E-state index in [2.05, 4.69) is 12.2 Å². The van der Waals surface area contributed by atoms with Gasteiger partial charge in [-0.05, 0) is 21.9 Å². The maximum atomic E-state index is 5.01. The minimum atomic E-state index is -0.113. The SMILES string of the molecule is C1=CC2=c3nc(nc4nc(nc5[n-]c(nc6[n-]c(n3)C3C=CC=CC=63)c3ccccc53)-c3ccccc3-4)C2C=C1.[Cl-].[Cl-].[Si+4]. The summed E-state index contributed by atoms with van der Waals surface area (Å²) in [5.41, 5.74) is 6.13. The Bertz CT molecular complexity index is 2260. The summed E-state index contributed by atoms with van der Waals surface area (Å²) in [4.78, 5) is 39.5. The number of halogens is 2. The van der Waals surface area contributed by atoms with Crippen molar-refractivity contribution >= 4 is 44.2 Å². The fourth-order valence-electron chi connectivity index (χ4n) is 5.76. The van der Waals surface area contributed by atoms with Gasteiger partial charge in [-0.3, -0.25) is 0 Å². The fourth-order valence-corrected chi connectivity index (χ4v) is 5.76. The maximum absolute atomic E-state index is 5.01. The molecule has 204 valence electrons. The fraction of sp³-hybridized carbons (Fsp3) is 0.0625. The second-order valence-corrected chi connectivity index (χ2v) is 10.00. The predicted octanol–water partition coefficient (Wildman–Crippen LogP) is -2.89. The number of hydrogen-bond donors (Lipinski definition) is 0. The Labute approximate surface area is 262 Å². The van der Waals surface area contributed by atoms with Crippen LogP contribution in [0.4, 0.5) is 0 Å². The van der Waals surface area contributed by atoms with Gasteiger partial charge in [-0.2, -0.15) is 0 Å². The normalized spacial score (nSPS) is 17.7. The third-order valence-corrected chi connectivity index (χ3v) is 7.67. The zero-order valence-electron chi connectivity index (χ0n) is 22.2. The van der Waals surface area contributed by atoms with Crippen LogP contribution in [0, 0.1) is 0 Å². The Morgan fingerprint density at radius 1 is 0.558 bits per heavy atom. The predicted molar refractivity (Wildman–Crippen MR) is 157 cm³/mol. The Morgan fingerprint density at radius 2 is 1.19 bits per heavy atom. The van der Waals surface area contributed by atoms with Crippen molar-refractivity contribution in [1.82, 2.24) is 39.9 Å². The van der Waals surface area contributed by atoms with Gasteiger partial charge in [-0.1, -0.05) is 97.1 Å². The second kappa shape index (κ2) is 10.8. The molecule has 0 saturated carbocycles. The first-order valence-corrected chi connectivity index (χ1v) is 13.1. The topological polar surface area (TPSA) is 106 Å². The monoisotopic (exact) mass is 612 g/mol. The van der Waals surface area contributed by atoms with Crippen molar-refractivity contribution in [2.45, 2.75) is 11.8 Å². The van der Waals surface area contributed by atoms with Gasteiger partial charge in [0.15, 0.2) is 5.82 Å². The van der Waals surface area contributed by atoms with E-state index in [-0.39, 0.29) is 47.6 Å². The van der Waals surface area contributed by atoms with Gasteiger partial charge in [0.05, 0.1) is 17.2 Å². The number of fused-ring (bicyclic) bond motifs is 18. The quantitative estimate of drug-likeness (QED) is 0.172. The van der Waals surface area contributed by atoms with E-state index in [4.69, 9.17) is 39.9 Å². The van der Waals surface area contributed by atoms with Crippen LogP contribution in [0.5, 0.6) is 0 Å². The Kier molecular flexibility index (Phi) is 7.17. The van der Waals surface area contributed by atoms with Gasteiger partial charge in [0.2, 0.25) is 0 Å². The first-order valence-electron chi connectivity index (χ1n) is 13.1. The summed E-state index contributed by atoms with van der Waals surface area (Å²) in [5, 5.41) is 1.81. The van der Waals surface area contributed by atoms with Crippen LogP contribution in [-0.2, 0) is 0 Å². The Hall–Kier alpha value is -4.70. The summed E-state index contributed by atoms with van der Waals surface area (Å²) >= 11 is 0. The van der Waals surface area contributed by atoms with Crippen molar-refractivity contribution in [3.63, 3.8) is 0 Å². The van der Waals surface area contributed by atoms with Crippen LogP contribution in [0.2, 0.25) is 0 Å². The number of allylic oxidation sites excluding steroid dienone is 8. The smallest absolute Gasteiger partial charge is 1.00 e. The summed E-state index contributed by atoms with van der Waals surface area (Å²) < 4.78 is 0. The average Bonchev–Trinajstić information content (AvgIpc) is 3.73. The number of nitrogens with zero attached hydrogens (tertiary/aromatic N) is 8. The number of hydrogen-bond acceptors (Lipinski definition) is 6. The van der Waals surface area contributed by atoms with Gasteiger partial charge in [0, 0.05) is 39.6 Å². The van der Waals surface area contributed by atoms with E-state index in [9.17, 15) is 0 Å². The molecular weight excluding hydrogens is 595 g/mol. The van der Waals surface area contributed by atoms with Crippen molar-refractivity contribution in [2.24, 2.45) is 0 Å². The molecule has 0 N–H and O–H groups in total. The second-order valence-electron chi connectivity index (χ2n) is 10.00. The van der Waals surface area contributed by atoms with E-state index < -0.39 is 0 Å². The number of benzene rings is 2. The van der Waals surface area contributed by atoms with E-state index in [1.54, 1.807) is 0 Å².